The van der Waals surface area contributed by atoms with E-state index in [1.165, 1.54) is 4.90 Å². The Kier molecular flexibility index (Phi) is 7.10. The highest BCUT2D eigenvalue weighted by molar-refractivity contribution is 7.98. The molecule has 3 amide bonds. The monoisotopic (exact) mass is 399 g/mol. The van der Waals surface area contributed by atoms with E-state index < -0.39 is 0 Å². The number of fused-ring (bicyclic) bond motifs is 1. The van der Waals surface area contributed by atoms with E-state index >= 15 is 0 Å². The molecule has 2 aliphatic rings. The Morgan fingerprint density at radius 1 is 1.18 bits per heavy atom. The summed E-state index contributed by atoms with van der Waals surface area (Å²) in [5, 5.41) is 11.9. The van der Waals surface area contributed by atoms with Crippen LogP contribution in [-0.2, 0) is 20.1 Å². The minimum absolute atomic E-state index is 0.0887. The zero-order valence-corrected chi connectivity index (χ0v) is 16.7. The van der Waals surface area contributed by atoms with Gasteiger partial charge >= 0.3 is 0 Å². The van der Waals surface area contributed by atoms with Gasteiger partial charge in [0.2, 0.25) is 17.7 Å². The average molecular weight is 400 g/mol. The fraction of sp³-hybridized carbons (Fsp3) is 0.524. The number of thioether (sulfide) groups is 1. The van der Waals surface area contributed by atoms with Crippen LogP contribution in [0.2, 0.25) is 0 Å². The lowest BCUT2D eigenvalue weighted by Gasteiger charge is -2.19. The van der Waals surface area contributed by atoms with E-state index in [0.717, 1.165) is 42.8 Å². The second kappa shape index (κ2) is 9.74. The lowest BCUT2D eigenvalue weighted by atomic mass is 9.81. The van der Waals surface area contributed by atoms with Crippen molar-refractivity contribution in [2.75, 3.05) is 18.8 Å². The van der Waals surface area contributed by atoms with Crippen molar-refractivity contribution in [3.63, 3.8) is 0 Å². The van der Waals surface area contributed by atoms with Gasteiger partial charge in [-0.15, -0.1) is 0 Å². The maximum Gasteiger partial charge on any atom is 0.233 e. The van der Waals surface area contributed by atoms with Crippen LogP contribution in [0.15, 0.2) is 24.3 Å². The fourth-order valence-corrected chi connectivity index (χ4v) is 4.82. The zero-order valence-electron chi connectivity index (χ0n) is 15.9. The zero-order chi connectivity index (χ0) is 19.9. The molecule has 0 aromatic heterocycles. The Morgan fingerprint density at radius 2 is 1.86 bits per heavy atom. The standard InChI is InChI=1S/C21H25N3O3S/c22-13-15-5-1-2-6-16(15)14-28-12-10-23-19(25)9-11-24-20(26)17-7-3-4-8-18(17)21(24)27/h1-2,5-6,17-18H,3-4,7-12,14H2,(H,23,25). The Labute approximate surface area is 169 Å². The second-order valence-electron chi connectivity index (χ2n) is 7.25. The van der Waals surface area contributed by atoms with Crippen molar-refractivity contribution in [1.29, 1.82) is 5.26 Å². The summed E-state index contributed by atoms with van der Waals surface area (Å²) in [4.78, 5) is 38.1. The number of hydrogen-bond acceptors (Lipinski definition) is 5. The number of nitrogens with zero attached hydrogens (tertiary/aromatic N) is 2. The third-order valence-electron chi connectivity index (χ3n) is 5.46. The molecule has 1 saturated heterocycles. The van der Waals surface area contributed by atoms with Crippen LogP contribution < -0.4 is 5.32 Å². The van der Waals surface area contributed by atoms with Crippen LogP contribution in [0.1, 0.15) is 43.2 Å². The van der Waals surface area contributed by atoms with E-state index in [1.54, 1.807) is 17.8 Å². The first-order valence-electron chi connectivity index (χ1n) is 9.79. The van der Waals surface area contributed by atoms with Crippen LogP contribution in [0.25, 0.3) is 0 Å². The molecule has 1 N–H and O–H groups in total. The molecule has 1 aliphatic carbocycles. The first-order valence-corrected chi connectivity index (χ1v) is 10.9. The van der Waals surface area contributed by atoms with Crippen molar-refractivity contribution >= 4 is 29.5 Å². The summed E-state index contributed by atoms with van der Waals surface area (Å²) in [6, 6.07) is 9.67. The smallest absolute Gasteiger partial charge is 0.233 e. The molecule has 0 spiro atoms. The highest BCUT2D eigenvalue weighted by Crippen LogP contribution is 2.37. The van der Waals surface area contributed by atoms with Gasteiger partial charge in [-0.05, 0) is 24.5 Å². The number of imide groups is 1. The van der Waals surface area contributed by atoms with Crippen molar-refractivity contribution < 1.29 is 14.4 Å². The molecular weight excluding hydrogens is 374 g/mol. The van der Waals surface area contributed by atoms with Crippen molar-refractivity contribution in [2.45, 2.75) is 37.9 Å². The fourth-order valence-electron chi connectivity index (χ4n) is 3.95. The Hall–Kier alpha value is -2.33. The summed E-state index contributed by atoms with van der Waals surface area (Å²) in [7, 11) is 0. The lowest BCUT2D eigenvalue weighted by Crippen LogP contribution is -2.36. The van der Waals surface area contributed by atoms with Gasteiger partial charge in [-0.1, -0.05) is 31.0 Å². The minimum Gasteiger partial charge on any atom is -0.355 e. The van der Waals surface area contributed by atoms with E-state index in [4.69, 9.17) is 5.26 Å². The van der Waals surface area contributed by atoms with E-state index in [-0.39, 0.29) is 42.5 Å². The van der Waals surface area contributed by atoms with E-state index in [1.807, 2.05) is 18.2 Å². The van der Waals surface area contributed by atoms with Crippen LogP contribution in [0.5, 0.6) is 0 Å². The van der Waals surface area contributed by atoms with E-state index in [9.17, 15) is 14.4 Å². The highest BCUT2D eigenvalue weighted by atomic mass is 32.2. The molecule has 2 fully saturated rings. The molecule has 0 bridgehead atoms. The number of amides is 3. The summed E-state index contributed by atoms with van der Waals surface area (Å²) in [6.07, 6.45) is 3.75. The number of carbonyl (C=O) groups is 3. The van der Waals surface area contributed by atoms with Crippen LogP contribution >= 0.6 is 11.8 Å². The Morgan fingerprint density at radius 3 is 2.54 bits per heavy atom. The number of likely N-dealkylation sites (tertiary alicyclic amines) is 1. The average Bonchev–Trinajstić information content (AvgIpc) is 2.97. The first-order chi connectivity index (χ1) is 13.6. The molecule has 148 valence electrons. The van der Waals surface area contributed by atoms with Crippen LogP contribution in [0.4, 0.5) is 0 Å². The largest absolute Gasteiger partial charge is 0.355 e. The van der Waals surface area contributed by atoms with Gasteiger partial charge in [0.1, 0.15) is 0 Å². The molecule has 7 heteroatoms. The van der Waals surface area contributed by atoms with Crippen molar-refractivity contribution in [3.05, 3.63) is 35.4 Å². The summed E-state index contributed by atoms with van der Waals surface area (Å²) in [6.45, 7) is 0.699. The van der Waals surface area contributed by atoms with Gasteiger partial charge in [0.05, 0.1) is 23.5 Å². The normalized spacial score (nSPS) is 21.3. The van der Waals surface area contributed by atoms with Gasteiger partial charge in [0.15, 0.2) is 0 Å². The maximum absolute atomic E-state index is 12.4. The van der Waals surface area contributed by atoms with Gasteiger partial charge < -0.3 is 5.32 Å². The summed E-state index contributed by atoms with van der Waals surface area (Å²) in [5.41, 5.74) is 1.67. The molecule has 1 heterocycles. The SMILES string of the molecule is N#Cc1ccccc1CSCCNC(=O)CCN1C(=O)C2CCCCC2C1=O. The predicted octanol–water partition coefficient (Wildman–Crippen LogP) is 2.47. The molecule has 2 unspecified atom stereocenters. The number of rotatable bonds is 8. The summed E-state index contributed by atoms with van der Waals surface area (Å²) < 4.78 is 0. The van der Waals surface area contributed by atoms with Crippen LogP contribution in [-0.4, -0.2) is 41.5 Å². The molecule has 0 radical (unpaired) electrons. The number of benzene rings is 1. The molecule has 3 rings (SSSR count). The van der Waals surface area contributed by atoms with Gasteiger partial charge in [0.25, 0.3) is 0 Å². The van der Waals surface area contributed by atoms with E-state index in [0.29, 0.717) is 12.1 Å². The highest BCUT2D eigenvalue weighted by Gasteiger charge is 2.47. The molecule has 1 saturated carbocycles. The molecule has 1 aromatic rings. The van der Waals surface area contributed by atoms with Gasteiger partial charge in [-0.25, -0.2) is 0 Å². The molecule has 1 aromatic carbocycles. The topological polar surface area (TPSA) is 90.3 Å². The van der Waals surface area contributed by atoms with Crippen molar-refractivity contribution in [3.8, 4) is 6.07 Å². The van der Waals surface area contributed by atoms with Gasteiger partial charge in [-0.3, -0.25) is 19.3 Å². The van der Waals surface area contributed by atoms with Gasteiger partial charge in [-0.2, -0.15) is 17.0 Å². The maximum atomic E-state index is 12.4. The molecule has 2 atom stereocenters. The predicted molar refractivity (Wildman–Crippen MR) is 107 cm³/mol. The minimum atomic E-state index is -0.156. The number of hydrogen-bond donors (Lipinski definition) is 1. The van der Waals surface area contributed by atoms with Crippen molar-refractivity contribution in [2.24, 2.45) is 11.8 Å². The van der Waals surface area contributed by atoms with Crippen LogP contribution in [0.3, 0.4) is 0 Å². The summed E-state index contributed by atoms with van der Waals surface area (Å²) in [5.74, 6) is 0.821. The number of carbonyl (C=O) groups excluding carboxylic acids is 3. The Bertz CT molecular complexity index is 765. The second-order valence-corrected chi connectivity index (χ2v) is 8.35. The lowest BCUT2D eigenvalue weighted by molar-refractivity contribution is -0.140. The number of nitrogens with one attached hydrogen (secondary N) is 1. The molecule has 6 nitrogen and oxygen atoms in total. The molecule has 1 aliphatic heterocycles. The van der Waals surface area contributed by atoms with Crippen LogP contribution in [0, 0.1) is 23.2 Å². The molecular formula is C21H25N3O3S. The van der Waals surface area contributed by atoms with Crippen molar-refractivity contribution in [1.82, 2.24) is 10.2 Å². The molecule has 28 heavy (non-hydrogen) atoms. The number of nitriles is 1. The first kappa shape index (κ1) is 20.4. The Balaban J connectivity index is 1.34. The summed E-state index contributed by atoms with van der Waals surface area (Å²) >= 11 is 1.65. The van der Waals surface area contributed by atoms with Gasteiger partial charge in [0, 0.05) is 31.0 Å². The quantitative estimate of drug-likeness (QED) is 0.536. The van der Waals surface area contributed by atoms with E-state index in [2.05, 4.69) is 11.4 Å². The third kappa shape index (κ3) is 4.74. The third-order valence-corrected chi connectivity index (χ3v) is 6.47.